The van der Waals surface area contributed by atoms with Gasteiger partial charge in [-0.3, -0.25) is 0 Å². The van der Waals surface area contributed by atoms with Crippen molar-refractivity contribution in [2.24, 2.45) is 0 Å². The minimum absolute atomic E-state index is 1.14. The van der Waals surface area contributed by atoms with Crippen molar-refractivity contribution < 1.29 is 0 Å². The molecule has 4 rings (SSSR count). The van der Waals surface area contributed by atoms with Gasteiger partial charge in [-0.15, -0.1) is 0 Å². The summed E-state index contributed by atoms with van der Waals surface area (Å²) < 4.78 is 0. The second-order valence-electron chi connectivity index (χ2n) is 9.66. The average molecular weight is 495 g/mol. The van der Waals surface area contributed by atoms with Gasteiger partial charge < -0.3 is 0 Å². The summed E-state index contributed by atoms with van der Waals surface area (Å²) in [7, 11) is 0. The van der Waals surface area contributed by atoms with Crippen LogP contribution in [0.2, 0.25) is 0 Å². The van der Waals surface area contributed by atoms with Gasteiger partial charge in [0.15, 0.2) is 0 Å². The van der Waals surface area contributed by atoms with Crippen LogP contribution in [0.15, 0.2) is 103 Å². The minimum Gasteiger partial charge on any atom is -0.0651 e. The Kier molecular flexibility index (Phi) is 17.2. The van der Waals surface area contributed by atoms with E-state index in [9.17, 15) is 0 Å². The summed E-state index contributed by atoms with van der Waals surface area (Å²) in [6.45, 7) is 15.1. The van der Waals surface area contributed by atoms with E-state index in [2.05, 4.69) is 146 Å². The van der Waals surface area contributed by atoms with Crippen LogP contribution in [-0.2, 0) is 25.7 Å². The molecule has 0 aliphatic carbocycles. The Labute approximate surface area is 228 Å². The highest BCUT2D eigenvalue weighted by Gasteiger charge is 1.89. The highest BCUT2D eigenvalue weighted by molar-refractivity contribution is 5.23. The third-order valence-electron chi connectivity index (χ3n) is 6.02. The number of hydrogen-bond acceptors (Lipinski definition) is 0. The summed E-state index contributed by atoms with van der Waals surface area (Å²) in [6.07, 6.45) is 7.18. The normalized spacial score (nSPS) is 9.59. The number of benzene rings is 4. The van der Waals surface area contributed by atoms with Crippen molar-refractivity contribution >= 4 is 0 Å². The van der Waals surface area contributed by atoms with Crippen LogP contribution in [0.4, 0.5) is 0 Å². The standard InChI is InChI=1S/2C10H14.C9H12.C8H10/c1-3-5-10-7-4-6-9(2)8-10;1-3-4-10-7-5-9(2)6-8-10;1-3-9-6-4-5-8(2)7-9;1-2-8-6-4-3-5-7-8/h4,6-8H,3,5H2,1-2H3;5-8H,3-4H2,1-2H3;4-7H,3H2,1-2H3;3-7H,2H2,1H3. The van der Waals surface area contributed by atoms with Gasteiger partial charge >= 0.3 is 0 Å². The summed E-state index contributed by atoms with van der Waals surface area (Å²) in [5, 5.41) is 0. The van der Waals surface area contributed by atoms with Crippen LogP contribution < -0.4 is 0 Å². The molecule has 0 bridgehead atoms. The average Bonchev–Trinajstić information content (AvgIpc) is 2.92. The first-order valence-corrected chi connectivity index (χ1v) is 14.1. The molecule has 0 N–H and O–H groups in total. The van der Waals surface area contributed by atoms with E-state index in [-0.39, 0.29) is 0 Å². The molecule has 0 heteroatoms. The van der Waals surface area contributed by atoms with Crippen molar-refractivity contribution in [1.29, 1.82) is 0 Å². The fourth-order valence-corrected chi connectivity index (χ4v) is 3.85. The Bertz CT molecular complexity index is 1070. The van der Waals surface area contributed by atoms with Crippen LogP contribution >= 0.6 is 0 Å². The fraction of sp³-hybridized carbons (Fsp3) is 0.351. The largest absolute Gasteiger partial charge is 0.0651 e. The minimum atomic E-state index is 1.14. The van der Waals surface area contributed by atoms with E-state index in [1.807, 2.05) is 6.07 Å². The van der Waals surface area contributed by atoms with Gasteiger partial charge in [-0.25, -0.2) is 0 Å². The molecule has 0 saturated heterocycles. The molecular formula is C37H50. The molecule has 0 heterocycles. The monoisotopic (exact) mass is 494 g/mol. The van der Waals surface area contributed by atoms with E-state index < -0.39 is 0 Å². The summed E-state index contributed by atoms with van der Waals surface area (Å²) >= 11 is 0. The highest BCUT2D eigenvalue weighted by Crippen LogP contribution is 2.06. The van der Waals surface area contributed by atoms with Gasteiger partial charge in [0, 0.05) is 0 Å². The number of hydrogen-bond donors (Lipinski definition) is 0. The Hall–Kier alpha value is -3.12. The van der Waals surface area contributed by atoms with E-state index in [4.69, 9.17) is 0 Å². The second-order valence-corrected chi connectivity index (χ2v) is 9.66. The molecule has 0 unspecified atom stereocenters. The van der Waals surface area contributed by atoms with Gasteiger partial charge in [0.2, 0.25) is 0 Å². The molecule has 0 aliphatic heterocycles. The predicted molar refractivity (Wildman–Crippen MR) is 167 cm³/mol. The lowest BCUT2D eigenvalue weighted by molar-refractivity contribution is 0.920. The lowest BCUT2D eigenvalue weighted by Crippen LogP contribution is -1.82. The third kappa shape index (κ3) is 15.6. The van der Waals surface area contributed by atoms with Gasteiger partial charge in [0.25, 0.3) is 0 Å². The Morgan fingerprint density at radius 2 is 0.838 bits per heavy atom. The van der Waals surface area contributed by atoms with Crippen LogP contribution in [0, 0.1) is 20.8 Å². The van der Waals surface area contributed by atoms with E-state index in [0.29, 0.717) is 0 Å². The summed E-state index contributed by atoms with van der Waals surface area (Å²) in [6, 6.07) is 36.5. The molecule has 0 aliphatic rings. The first-order valence-electron chi connectivity index (χ1n) is 14.1. The van der Waals surface area contributed by atoms with E-state index >= 15 is 0 Å². The topological polar surface area (TPSA) is 0 Å². The van der Waals surface area contributed by atoms with Gasteiger partial charge in [-0.1, -0.05) is 160 Å². The molecule has 4 aromatic carbocycles. The van der Waals surface area contributed by atoms with E-state index in [1.54, 1.807) is 0 Å². The SMILES string of the molecule is CCCc1ccc(C)cc1.CCCc1cccc(C)c1.CCc1cccc(C)c1.CCc1ccccc1. The van der Waals surface area contributed by atoms with Crippen molar-refractivity contribution in [2.75, 3.05) is 0 Å². The predicted octanol–water partition coefficient (Wildman–Crippen LogP) is 10.7. The molecule has 37 heavy (non-hydrogen) atoms. The van der Waals surface area contributed by atoms with Crippen molar-refractivity contribution in [3.05, 3.63) is 142 Å². The zero-order valence-corrected chi connectivity index (χ0v) is 24.6. The Morgan fingerprint density at radius 1 is 0.378 bits per heavy atom. The number of rotatable bonds is 6. The summed E-state index contributed by atoms with van der Waals surface area (Å²) in [5.41, 5.74) is 9.82. The molecule has 0 saturated carbocycles. The molecule has 0 aromatic heterocycles. The Morgan fingerprint density at radius 3 is 1.27 bits per heavy atom. The van der Waals surface area contributed by atoms with Crippen molar-refractivity contribution in [1.82, 2.24) is 0 Å². The van der Waals surface area contributed by atoms with Crippen molar-refractivity contribution in [2.45, 2.75) is 87.0 Å². The van der Waals surface area contributed by atoms with Crippen LogP contribution in [0.3, 0.4) is 0 Å². The molecule has 0 spiro atoms. The summed E-state index contributed by atoms with van der Waals surface area (Å²) in [5.74, 6) is 0. The van der Waals surface area contributed by atoms with Crippen molar-refractivity contribution in [3.63, 3.8) is 0 Å². The van der Waals surface area contributed by atoms with Crippen LogP contribution in [0.5, 0.6) is 0 Å². The lowest BCUT2D eigenvalue weighted by Gasteiger charge is -1.97. The fourth-order valence-electron chi connectivity index (χ4n) is 3.85. The van der Waals surface area contributed by atoms with Crippen LogP contribution in [0.1, 0.15) is 79.5 Å². The Balaban J connectivity index is 0.000000248. The molecular weight excluding hydrogens is 444 g/mol. The van der Waals surface area contributed by atoms with Gasteiger partial charge in [-0.2, -0.15) is 0 Å². The van der Waals surface area contributed by atoms with Crippen LogP contribution in [0.25, 0.3) is 0 Å². The smallest absolute Gasteiger partial charge is 0.0281 e. The van der Waals surface area contributed by atoms with Crippen LogP contribution in [-0.4, -0.2) is 0 Å². The first-order chi connectivity index (χ1) is 17.9. The van der Waals surface area contributed by atoms with Gasteiger partial charge in [0.05, 0.1) is 0 Å². The molecule has 198 valence electrons. The van der Waals surface area contributed by atoms with Crippen molar-refractivity contribution in [3.8, 4) is 0 Å². The molecule has 0 atom stereocenters. The zero-order valence-electron chi connectivity index (χ0n) is 24.6. The lowest BCUT2D eigenvalue weighted by atomic mass is 10.1. The molecule has 4 aromatic rings. The molecule has 0 fully saturated rings. The number of aryl methyl sites for hydroxylation is 7. The molecule has 0 radical (unpaired) electrons. The van der Waals surface area contributed by atoms with Gasteiger partial charge in [-0.05, 0) is 68.7 Å². The van der Waals surface area contributed by atoms with Gasteiger partial charge in [0.1, 0.15) is 0 Å². The maximum atomic E-state index is 2.25. The third-order valence-corrected chi connectivity index (χ3v) is 6.02. The quantitative estimate of drug-likeness (QED) is 0.250. The first kappa shape index (κ1) is 31.9. The van der Waals surface area contributed by atoms with E-state index in [0.717, 1.165) is 12.8 Å². The maximum Gasteiger partial charge on any atom is -0.0281 e. The van der Waals surface area contributed by atoms with E-state index in [1.165, 1.54) is 64.6 Å². The zero-order chi connectivity index (χ0) is 27.3. The maximum absolute atomic E-state index is 2.25. The highest BCUT2D eigenvalue weighted by atomic mass is 14.0. The summed E-state index contributed by atoms with van der Waals surface area (Å²) in [4.78, 5) is 0. The second kappa shape index (κ2) is 20.0. The molecule has 0 nitrogen and oxygen atoms in total. The molecule has 0 amide bonds.